The van der Waals surface area contributed by atoms with Gasteiger partial charge in [0.25, 0.3) is 5.91 Å². The van der Waals surface area contributed by atoms with Gasteiger partial charge in [-0.2, -0.15) is 0 Å². The minimum Gasteiger partial charge on any atom is -0.354 e. The van der Waals surface area contributed by atoms with Gasteiger partial charge in [-0.25, -0.2) is 0 Å². The van der Waals surface area contributed by atoms with E-state index in [1.807, 2.05) is 32.3 Å². The number of carbonyl (C=O) groups excluding carboxylic acids is 2. The molecule has 0 saturated carbocycles. The number of nitrogens with zero attached hydrogens (tertiary/aromatic N) is 2. The predicted octanol–water partition coefficient (Wildman–Crippen LogP) is 1.27. The van der Waals surface area contributed by atoms with Gasteiger partial charge >= 0.3 is 0 Å². The van der Waals surface area contributed by atoms with E-state index in [0.717, 1.165) is 13.0 Å². The van der Waals surface area contributed by atoms with Crippen LogP contribution in [0.1, 0.15) is 16.8 Å². The van der Waals surface area contributed by atoms with Crippen molar-refractivity contribution in [3.05, 3.63) is 35.9 Å². The van der Waals surface area contributed by atoms with Crippen LogP contribution in [0, 0.1) is 0 Å². The maximum atomic E-state index is 12.5. The zero-order valence-electron chi connectivity index (χ0n) is 13.1. The summed E-state index contributed by atoms with van der Waals surface area (Å²) in [6.07, 6.45) is 0.908. The molecule has 0 radical (unpaired) electrons. The lowest BCUT2D eigenvalue weighted by Gasteiger charge is -2.23. The van der Waals surface area contributed by atoms with Crippen LogP contribution < -0.4 is 5.32 Å². The van der Waals surface area contributed by atoms with Gasteiger partial charge < -0.3 is 15.1 Å². The molecule has 6 heteroatoms. The van der Waals surface area contributed by atoms with Crippen molar-refractivity contribution >= 4 is 23.6 Å². The van der Waals surface area contributed by atoms with E-state index in [9.17, 15) is 9.59 Å². The number of hydrogen-bond acceptors (Lipinski definition) is 4. The van der Waals surface area contributed by atoms with E-state index in [4.69, 9.17) is 0 Å². The Kier molecular flexibility index (Phi) is 6.27. The standard InChI is InChI=1S/C16H23N3O2S/c1-18(2)10-6-9-17-15(20)14-11-22-12-19(14)16(21)13-7-4-3-5-8-13/h3-5,7-8,14H,6,9-12H2,1-2H3,(H,17,20). The summed E-state index contributed by atoms with van der Waals surface area (Å²) in [5.41, 5.74) is 0.635. The summed E-state index contributed by atoms with van der Waals surface area (Å²) in [6.45, 7) is 1.58. The maximum absolute atomic E-state index is 12.5. The number of amides is 2. The Bertz CT molecular complexity index is 507. The summed E-state index contributed by atoms with van der Waals surface area (Å²) in [4.78, 5) is 28.6. The van der Waals surface area contributed by atoms with Crippen molar-refractivity contribution in [1.29, 1.82) is 0 Å². The third kappa shape index (κ3) is 4.48. The average Bonchev–Trinajstić information content (AvgIpc) is 3.01. The van der Waals surface area contributed by atoms with Crippen molar-refractivity contribution in [3.8, 4) is 0 Å². The lowest BCUT2D eigenvalue weighted by atomic mass is 10.1. The highest BCUT2D eigenvalue weighted by molar-refractivity contribution is 7.99. The quantitative estimate of drug-likeness (QED) is 0.802. The molecule has 1 aliphatic heterocycles. The molecule has 2 amide bonds. The molecule has 0 aromatic heterocycles. The molecule has 2 rings (SSSR count). The Morgan fingerprint density at radius 1 is 1.32 bits per heavy atom. The average molecular weight is 321 g/mol. The Labute approximate surface area is 136 Å². The summed E-state index contributed by atoms with van der Waals surface area (Å²) >= 11 is 1.62. The van der Waals surface area contributed by atoms with Gasteiger partial charge in [0.2, 0.25) is 5.91 Å². The van der Waals surface area contributed by atoms with Crippen LogP contribution in [0.5, 0.6) is 0 Å². The highest BCUT2D eigenvalue weighted by atomic mass is 32.2. The van der Waals surface area contributed by atoms with Gasteiger partial charge in [0.15, 0.2) is 0 Å². The van der Waals surface area contributed by atoms with Crippen molar-refractivity contribution in [2.75, 3.05) is 38.8 Å². The monoisotopic (exact) mass is 321 g/mol. The van der Waals surface area contributed by atoms with Crippen molar-refractivity contribution in [3.63, 3.8) is 0 Å². The third-order valence-corrected chi connectivity index (χ3v) is 4.56. The van der Waals surface area contributed by atoms with E-state index in [0.29, 0.717) is 23.7 Å². The van der Waals surface area contributed by atoms with Gasteiger partial charge in [0, 0.05) is 17.9 Å². The normalized spacial score (nSPS) is 17.8. The first-order chi connectivity index (χ1) is 10.6. The summed E-state index contributed by atoms with van der Waals surface area (Å²) in [5.74, 6) is 1.12. The minimum absolute atomic E-state index is 0.0481. The molecule has 1 atom stereocenters. The van der Waals surface area contributed by atoms with Crippen LogP contribution in [0.3, 0.4) is 0 Å². The number of thioether (sulfide) groups is 1. The van der Waals surface area contributed by atoms with Gasteiger partial charge in [0.1, 0.15) is 6.04 Å². The van der Waals surface area contributed by atoms with Gasteiger partial charge in [-0.3, -0.25) is 9.59 Å². The number of benzene rings is 1. The largest absolute Gasteiger partial charge is 0.354 e. The summed E-state index contributed by atoms with van der Waals surface area (Å²) < 4.78 is 0. The van der Waals surface area contributed by atoms with Crippen LogP contribution in [-0.4, -0.2) is 66.5 Å². The number of rotatable bonds is 6. The van der Waals surface area contributed by atoms with E-state index in [-0.39, 0.29) is 17.9 Å². The van der Waals surface area contributed by atoms with Gasteiger partial charge in [0.05, 0.1) is 5.88 Å². The lowest BCUT2D eigenvalue weighted by molar-refractivity contribution is -0.124. The minimum atomic E-state index is -0.364. The highest BCUT2D eigenvalue weighted by Crippen LogP contribution is 2.23. The van der Waals surface area contributed by atoms with Gasteiger partial charge in [-0.1, -0.05) is 18.2 Å². The molecular formula is C16H23N3O2S. The first-order valence-corrected chi connectivity index (χ1v) is 8.61. The summed E-state index contributed by atoms with van der Waals surface area (Å²) in [5, 5.41) is 2.94. The Morgan fingerprint density at radius 3 is 2.73 bits per heavy atom. The molecule has 0 spiro atoms. The first kappa shape index (κ1) is 16.8. The smallest absolute Gasteiger partial charge is 0.255 e. The number of nitrogens with one attached hydrogen (secondary N) is 1. The zero-order valence-corrected chi connectivity index (χ0v) is 13.9. The molecule has 120 valence electrons. The number of hydrogen-bond donors (Lipinski definition) is 1. The first-order valence-electron chi connectivity index (χ1n) is 7.46. The molecule has 1 unspecified atom stereocenters. The second kappa shape index (κ2) is 8.19. The fourth-order valence-corrected chi connectivity index (χ4v) is 3.49. The van der Waals surface area contributed by atoms with E-state index in [2.05, 4.69) is 10.2 Å². The van der Waals surface area contributed by atoms with E-state index >= 15 is 0 Å². The maximum Gasteiger partial charge on any atom is 0.255 e. The second-order valence-corrected chi connectivity index (χ2v) is 6.60. The fourth-order valence-electron chi connectivity index (χ4n) is 2.33. The molecule has 1 aromatic carbocycles. The molecule has 1 aliphatic rings. The molecule has 0 aliphatic carbocycles. The zero-order chi connectivity index (χ0) is 15.9. The van der Waals surface area contributed by atoms with Crippen LogP contribution in [0.2, 0.25) is 0 Å². The molecular weight excluding hydrogens is 298 g/mol. The van der Waals surface area contributed by atoms with Crippen molar-refractivity contribution in [1.82, 2.24) is 15.1 Å². The Balaban J connectivity index is 1.90. The molecule has 5 nitrogen and oxygen atoms in total. The molecule has 0 bridgehead atoms. The summed E-state index contributed by atoms with van der Waals surface area (Å²) in [6, 6.07) is 8.77. The highest BCUT2D eigenvalue weighted by Gasteiger charge is 2.34. The van der Waals surface area contributed by atoms with Crippen LogP contribution in [-0.2, 0) is 4.79 Å². The SMILES string of the molecule is CN(C)CCCNC(=O)C1CSCN1C(=O)c1ccccc1. The van der Waals surface area contributed by atoms with E-state index in [1.165, 1.54) is 0 Å². The van der Waals surface area contributed by atoms with Crippen molar-refractivity contribution < 1.29 is 9.59 Å². The summed E-state index contributed by atoms with van der Waals surface area (Å²) in [7, 11) is 4.02. The Morgan fingerprint density at radius 2 is 2.05 bits per heavy atom. The van der Waals surface area contributed by atoms with E-state index in [1.54, 1.807) is 28.8 Å². The van der Waals surface area contributed by atoms with Gasteiger partial charge in [-0.15, -0.1) is 11.8 Å². The fraction of sp³-hybridized carbons (Fsp3) is 0.500. The van der Waals surface area contributed by atoms with E-state index < -0.39 is 0 Å². The molecule has 1 saturated heterocycles. The predicted molar refractivity (Wildman–Crippen MR) is 89.9 cm³/mol. The van der Waals surface area contributed by atoms with Crippen LogP contribution in [0.4, 0.5) is 0 Å². The molecule has 22 heavy (non-hydrogen) atoms. The second-order valence-electron chi connectivity index (χ2n) is 5.60. The van der Waals surface area contributed by atoms with Crippen molar-refractivity contribution in [2.45, 2.75) is 12.5 Å². The van der Waals surface area contributed by atoms with Gasteiger partial charge in [-0.05, 0) is 39.2 Å². The molecule has 1 heterocycles. The third-order valence-electron chi connectivity index (χ3n) is 3.55. The Hall–Kier alpha value is -1.53. The molecule has 1 N–H and O–H groups in total. The number of carbonyl (C=O) groups is 2. The topological polar surface area (TPSA) is 52.7 Å². The molecule has 1 aromatic rings. The van der Waals surface area contributed by atoms with Crippen LogP contribution >= 0.6 is 11.8 Å². The van der Waals surface area contributed by atoms with Crippen LogP contribution in [0.25, 0.3) is 0 Å². The van der Waals surface area contributed by atoms with Crippen molar-refractivity contribution in [2.24, 2.45) is 0 Å². The molecule has 1 fully saturated rings. The van der Waals surface area contributed by atoms with Crippen LogP contribution in [0.15, 0.2) is 30.3 Å². The lowest BCUT2D eigenvalue weighted by Crippen LogP contribution is -2.47.